The van der Waals surface area contributed by atoms with E-state index in [1.54, 1.807) is 21.1 Å². The Kier molecular flexibility index (Phi) is 17.5. The number of aliphatic hydroxyl groups excluding tert-OH is 1. The second-order valence-corrected chi connectivity index (χ2v) is 18.0. The molecule has 3 heterocycles. The van der Waals surface area contributed by atoms with Crippen molar-refractivity contribution in [3.63, 3.8) is 0 Å². The number of amides is 1. The highest BCUT2D eigenvalue weighted by Gasteiger charge is 2.56. The van der Waals surface area contributed by atoms with Gasteiger partial charge in [0.2, 0.25) is 5.79 Å². The Morgan fingerprint density at radius 2 is 1.67 bits per heavy atom. The van der Waals surface area contributed by atoms with Crippen molar-refractivity contribution in [1.82, 2.24) is 4.90 Å². The first-order chi connectivity index (χ1) is 26.9. The minimum absolute atomic E-state index is 0.00775. The summed E-state index contributed by atoms with van der Waals surface area (Å²) in [5.41, 5.74) is 1.89. The second kappa shape index (κ2) is 21.2. The number of methoxy groups -OCH3 is 2. The standard InChI is InChI=1S/C45H73NO11/c1-11-33-21-27(4)20-28(5)22-38(53-9)41-39(54-10)24-31(8)45(52,57-41)42(49)43(50)46-19-13-12-14-34(46)44(51)56-40(29(6)15-17-35(33)47)30(7)23-32-16-18-37(36(48)25-32)55-26(2)3/h21,23,26,28-29,31-34,36-41,48,52H,11-20,22,24-25H2,1-10H3. The van der Waals surface area contributed by atoms with Gasteiger partial charge in [-0.15, -0.1) is 0 Å². The van der Waals surface area contributed by atoms with E-state index in [2.05, 4.69) is 19.1 Å². The van der Waals surface area contributed by atoms with E-state index >= 15 is 0 Å². The van der Waals surface area contributed by atoms with Crippen LogP contribution in [0.5, 0.6) is 0 Å². The van der Waals surface area contributed by atoms with E-state index in [1.165, 1.54) is 4.90 Å². The van der Waals surface area contributed by atoms with E-state index in [4.69, 9.17) is 23.7 Å². The monoisotopic (exact) mass is 804 g/mol. The molecule has 3 aliphatic heterocycles. The third kappa shape index (κ3) is 11.8. The van der Waals surface area contributed by atoms with E-state index in [0.717, 1.165) is 17.6 Å². The number of ketones is 2. The predicted molar refractivity (Wildman–Crippen MR) is 216 cm³/mol. The maximum Gasteiger partial charge on any atom is 0.329 e. The molecule has 4 rings (SSSR count). The molecular weight excluding hydrogens is 730 g/mol. The fourth-order valence-electron chi connectivity index (χ4n) is 9.66. The lowest BCUT2D eigenvalue weighted by Crippen LogP contribution is -2.64. The lowest BCUT2D eigenvalue weighted by molar-refractivity contribution is -0.302. The van der Waals surface area contributed by atoms with Gasteiger partial charge in [0.25, 0.3) is 11.7 Å². The smallest absolute Gasteiger partial charge is 0.329 e. The van der Waals surface area contributed by atoms with Crippen LogP contribution in [0.4, 0.5) is 0 Å². The van der Waals surface area contributed by atoms with Crippen LogP contribution in [0.3, 0.4) is 0 Å². The quantitative estimate of drug-likeness (QED) is 0.170. The molecule has 0 spiro atoms. The third-order valence-corrected chi connectivity index (χ3v) is 12.9. The Morgan fingerprint density at radius 3 is 2.30 bits per heavy atom. The van der Waals surface area contributed by atoms with Gasteiger partial charge in [-0.2, -0.15) is 0 Å². The number of cyclic esters (lactones) is 1. The van der Waals surface area contributed by atoms with Gasteiger partial charge in [0.05, 0.1) is 30.5 Å². The average Bonchev–Trinajstić information content (AvgIpc) is 3.17. The molecule has 1 saturated carbocycles. The lowest BCUT2D eigenvalue weighted by Gasteiger charge is -2.47. The maximum absolute atomic E-state index is 14.3. The fraction of sp³-hybridized carbons (Fsp3) is 0.822. The zero-order valence-electron chi connectivity index (χ0n) is 36.4. The van der Waals surface area contributed by atoms with E-state index in [1.807, 2.05) is 41.5 Å². The molecule has 0 radical (unpaired) electrons. The minimum Gasteiger partial charge on any atom is -0.456 e. The van der Waals surface area contributed by atoms with Gasteiger partial charge in [0.1, 0.15) is 24.0 Å². The number of rotatable bonds is 7. The van der Waals surface area contributed by atoms with Gasteiger partial charge in [-0.25, -0.2) is 4.79 Å². The van der Waals surface area contributed by atoms with Crippen LogP contribution in [0.25, 0.3) is 0 Å². The molecule has 2 N–H and O–H groups in total. The molecule has 1 aliphatic carbocycles. The molecule has 13 unspecified atom stereocenters. The summed E-state index contributed by atoms with van der Waals surface area (Å²) in [7, 11) is 3.10. The Bertz CT molecular complexity index is 1440. The SMILES string of the molecule is CCC1C=C(C)CC(C)CC(OC)C2OC(O)(C(=O)C(=O)N3CCCCC3C(=O)OC(C(C)=CC3CCC(OC(C)C)C(O)C3)C(C)CCC1=O)C(C)CC2OC. The second-order valence-electron chi connectivity index (χ2n) is 18.0. The number of fused-ring (bicyclic) bond motifs is 3. The number of hydrogen-bond acceptors (Lipinski definition) is 11. The van der Waals surface area contributed by atoms with Crippen LogP contribution in [0.1, 0.15) is 132 Å². The number of Topliss-reactive ketones (excluding diaryl/α,β-unsaturated/α-hetero) is 2. The first-order valence-corrected chi connectivity index (χ1v) is 21.7. The summed E-state index contributed by atoms with van der Waals surface area (Å²) in [6, 6.07) is -1.05. The zero-order valence-corrected chi connectivity index (χ0v) is 36.4. The van der Waals surface area contributed by atoms with Crippen molar-refractivity contribution in [2.45, 2.75) is 187 Å². The van der Waals surface area contributed by atoms with Gasteiger partial charge in [0.15, 0.2) is 0 Å². The van der Waals surface area contributed by atoms with Gasteiger partial charge in [0, 0.05) is 39.0 Å². The van der Waals surface area contributed by atoms with Crippen molar-refractivity contribution in [1.29, 1.82) is 0 Å². The van der Waals surface area contributed by atoms with Crippen LogP contribution in [0, 0.1) is 29.6 Å². The van der Waals surface area contributed by atoms with Crippen LogP contribution in [0.15, 0.2) is 23.3 Å². The third-order valence-electron chi connectivity index (χ3n) is 12.9. The van der Waals surface area contributed by atoms with E-state index in [9.17, 15) is 29.4 Å². The number of carbonyl (C=O) groups is 4. The maximum atomic E-state index is 14.3. The molecule has 12 heteroatoms. The van der Waals surface area contributed by atoms with Crippen molar-refractivity contribution in [2.24, 2.45) is 29.6 Å². The van der Waals surface area contributed by atoms with Gasteiger partial charge in [-0.1, -0.05) is 45.4 Å². The van der Waals surface area contributed by atoms with Crippen molar-refractivity contribution in [2.75, 3.05) is 20.8 Å². The first kappa shape index (κ1) is 47.2. The number of carbonyl (C=O) groups excluding carboxylic acids is 4. The largest absolute Gasteiger partial charge is 0.456 e. The summed E-state index contributed by atoms with van der Waals surface area (Å²) in [5, 5.41) is 23.0. The number of esters is 1. The summed E-state index contributed by atoms with van der Waals surface area (Å²) >= 11 is 0. The molecule has 12 nitrogen and oxygen atoms in total. The summed E-state index contributed by atoms with van der Waals surface area (Å²) in [6.07, 6.45) is 7.07. The van der Waals surface area contributed by atoms with Gasteiger partial charge in [-0.3, -0.25) is 14.4 Å². The normalized spacial score (nSPS) is 38.9. The summed E-state index contributed by atoms with van der Waals surface area (Å²) in [4.78, 5) is 57.8. The Balaban J connectivity index is 1.71. The number of nitrogens with zero attached hydrogens (tertiary/aromatic N) is 1. The molecule has 57 heavy (non-hydrogen) atoms. The summed E-state index contributed by atoms with van der Waals surface area (Å²) in [6.45, 7) is 15.8. The lowest BCUT2D eigenvalue weighted by atomic mass is 9.82. The molecule has 0 aromatic carbocycles. The van der Waals surface area contributed by atoms with Gasteiger partial charge >= 0.3 is 5.97 Å². The summed E-state index contributed by atoms with van der Waals surface area (Å²) in [5.74, 6) is -6.26. The number of hydrogen-bond donors (Lipinski definition) is 2. The van der Waals surface area contributed by atoms with Crippen LogP contribution in [-0.4, -0.2) is 114 Å². The van der Waals surface area contributed by atoms with Crippen molar-refractivity contribution in [3.8, 4) is 0 Å². The Hall–Kier alpha value is -2.48. The summed E-state index contributed by atoms with van der Waals surface area (Å²) < 4.78 is 30.3. The topological polar surface area (TPSA) is 158 Å². The van der Waals surface area contributed by atoms with Crippen molar-refractivity contribution < 1.29 is 53.1 Å². The van der Waals surface area contributed by atoms with Gasteiger partial charge < -0.3 is 38.8 Å². The van der Waals surface area contributed by atoms with E-state index in [-0.39, 0.29) is 54.6 Å². The van der Waals surface area contributed by atoms with Crippen LogP contribution in [-0.2, 0) is 42.9 Å². The molecule has 3 fully saturated rings. The Morgan fingerprint density at radius 1 is 0.982 bits per heavy atom. The number of ether oxygens (including phenoxy) is 5. The number of allylic oxidation sites excluding steroid dienone is 3. The molecule has 0 aromatic rings. The van der Waals surface area contributed by atoms with Crippen LogP contribution < -0.4 is 0 Å². The highest BCUT2D eigenvalue weighted by Crippen LogP contribution is 2.39. The predicted octanol–water partition coefficient (Wildman–Crippen LogP) is 6.28. The highest BCUT2D eigenvalue weighted by atomic mass is 16.7. The molecule has 13 atom stereocenters. The van der Waals surface area contributed by atoms with Crippen molar-refractivity contribution in [3.05, 3.63) is 23.3 Å². The van der Waals surface area contributed by atoms with Crippen molar-refractivity contribution >= 4 is 23.4 Å². The molecule has 2 bridgehead atoms. The Labute approximate surface area is 341 Å². The molecule has 1 amide bonds. The molecule has 324 valence electrons. The zero-order chi connectivity index (χ0) is 42.2. The molecule has 0 aromatic heterocycles. The molecule has 2 saturated heterocycles. The average molecular weight is 804 g/mol. The highest BCUT2D eigenvalue weighted by molar-refractivity contribution is 6.39. The minimum atomic E-state index is -2.47. The number of aliphatic hydroxyl groups is 2. The number of piperidine rings is 1. The fourth-order valence-corrected chi connectivity index (χ4v) is 9.66. The van der Waals surface area contributed by atoms with E-state index in [0.29, 0.717) is 64.2 Å². The van der Waals surface area contributed by atoms with Crippen LogP contribution >= 0.6 is 0 Å². The molecular formula is C45H73NO11. The first-order valence-electron chi connectivity index (χ1n) is 21.7. The van der Waals surface area contributed by atoms with Crippen LogP contribution in [0.2, 0.25) is 0 Å². The molecule has 4 aliphatic rings. The van der Waals surface area contributed by atoms with E-state index < -0.39 is 65.9 Å². The van der Waals surface area contributed by atoms with Gasteiger partial charge in [-0.05, 0) is 122 Å².